The fraction of sp³-hybridized carbons (Fsp3) is 0.479. The summed E-state index contributed by atoms with van der Waals surface area (Å²) >= 11 is 0. The van der Waals surface area contributed by atoms with E-state index in [4.69, 9.17) is 10.5 Å². The summed E-state index contributed by atoms with van der Waals surface area (Å²) in [5, 5.41) is 21.6. The van der Waals surface area contributed by atoms with Crippen LogP contribution in [0.3, 0.4) is 0 Å². The number of aromatic nitrogens is 2. The van der Waals surface area contributed by atoms with Crippen LogP contribution in [0, 0.1) is 0 Å². The number of ether oxygens (including phenoxy) is 1. The Kier molecular flexibility index (Phi) is 10.9. The van der Waals surface area contributed by atoms with Gasteiger partial charge in [0.2, 0.25) is 11.8 Å². The third-order valence-electron chi connectivity index (χ3n) is 14.7. The monoisotopic (exact) mass is 854 g/mol. The number of likely N-dealkylation sites (tertiary alicyclic amines) is 1. The Hall–Kier alpha value is -6.25. The molecular weight excluding hydrogens is 797 g/mol. The van der Waals surface area contributed by atoms with E-state index in [2.05, 4.69) is 71.5 Å². The van der Waals surface area contributed by atoms with Gasteiger partial charge in [-0.15, -0.1) is 10.2 Å². The molecule has 5 aliphatic heterocycles. The van der Waals surface area contributed by atoms with E-state index in [1.54, 1.807) is 12.1 Å². The first-order valence-electron chi connectivity index (χ1n) is 22.8. The fourth-order valence-electron chi connectivity index (χ4n) is 11.1. The standard InChI is InChI=1S/C48H58N10O5/c1-53(32-15-22-54(23-16-32)39-10-5-11-40-37(39)19-26-57(40)41-13-14-44(60)50-46(41)61)47(62)55-24-17-34(18-25-55)63-35-8-4-7-33(29-35)58-28-27-56(31-48(58)20-6-21-48)42-30-38(51-52-45(42)49)36-9-2-3-12-43(36)59/h2-5,7-12,29-30,32,34,41,59H,6,13-28,31H2,1H3,(H2,49,52)(H,50,60,61)/t41-/m1/s1. The first kappa shape index (κ1) is 40.8. The van der Waals surface area contributed by atoms with Crippen molar-refractivity contribution >= 4 is 46.4 Å². The van der Waals surface area contributed by atoms with E-state index in [1.165, 1.54) is 17.7 Å². The van der Waals surface area contributed by atoms with E-state index in [-0.39, 0.29) is 47.3 Å². The van der Waals surface area contributed by atoms with Gasteiger partial charge in [-0.2, -0.15) is 0 Å². The van der Waals surface area contributed by atoms with E-state index in [9.17, 15) is 19.5 Å². The zero-order chi connectivity index (χ0) is 43.2. The van der Waals surface area contributed by atoms with Crippen LogP contribution in [0.15, 0.2) is 72.8 Å². The number of carbonyl (C=O) groups is 3. The lowest BCUT2D eigenvalue weighted by atomic mass is 9.73. The Bertz CT molecular complexity index is 2370. The Morgan fingerprint density at radius 3 is 2.37 bits per heavy atom. The Morgan fingerprint density at radius 2 is 1.60 bits per heavy atom. The zero-order valence-corrected chi connectivity index (χ0v) is 36.1. The summed E-state index contributed by atoms with van der Waals surface area (Å²) in [5.41, 5.74) is 13.2. The number of hydrogen-bond donors (Lipinski definition) is 3. The average molecular weight is 855 g/mol. The molecule has 1 saturated carbocycles. The first-order chi connectivity index (χ1) is 30.6. The summed E-state index contributed by atoms with van der Waals surface area (Å²) < 4.78 is 6.64. The molecule has 15 nitrogen and oxygen atoms in total. The lowest BCUT2D eigenvalue weighted by Crippen LogP contribution is -2.66. The Labute approximate surface area is 368 Å². The number of piperazine rings is 1. The van der Waals surface area contributed by atoms with Crippen molar-refractivity contribution in [2.45, 2.75) is 87.9 Å². The predicted octanol–water partition coefficient (Wildman–Crippen LogP) is 5.41. The molecule has 3 aromatic carbocycles. The van der Waals surface area contributed by atoms with Gasteiger partial charge in [0.05, 0.1) is 16.9 Å². The summed E-state index contributed by atoms with van der Waals surface area (Å²) in [6.45, 7) is 6.23. The van der Waals surface area contributed by atoms with Crippen molar-refractivity contribution < 1.29 is 24.2 Å². The third kappa shape index (κ3) is 7.79. The van der Waals surface area contributed by atoms with Crippen LogP contribution in [0.25, 0.3) is 11.3 Å². The lowest BCUT2D eigenvalue weighted by molar-refractivity contribution is -0.134. The highest BCUT2D eigenvalue weighted by Gasteiger charge is 2.47. The molecule has 1 atom stereocenters. The molecule has 0 unspecified atom stereocenters. The molecule has 1 aromatic heterocycles. The van der Waals surface area contributed by atoms with Crippen LogP contribution in [-0.4, -0.2) is 126 Å². The first-order valence-corrected chi connectivity index (χ1v) is 22.8. The van der Waals surface area contributed by atoms with E-state index < -0.39 is 0 Å². The average Bonchev–Trinajstić information content (AvgIpc) is 3.73. The van der Waals surface area contributed by atoms with Gasteiger partial charge in [-0.25, -0.2) is 4.79 Å². The van der Waals surface area contributed by atoms with Crippen molar-refractivity contribution in [1.29, 1.82) is 0 Å². The summed E-state index contributed by atoms with van der Waals surface area (Å²) in [4.78, 5) is 51.8. The number of rotatable bonds is 8. The number of nitrogens with one attached hydrogen (secondary N) is 1. The molecule has 63 heavy (non-hydrogen) atoms. The Morgan fingerprint density at radius 1 is 0.825 bits per heavy atom. The number of hydrogen-bond acceptors (Lipinski definition) is 12. The van der Waals surface area contributed by atoms with Crippen LogP contribution in [0.2, 0.25) is 0 Å². The predicted molar refractivity (Wildman–Crippen MR) is 243 cm³/mol. The van der Waals surface area contributed by atoms with E-state index in [0.29, 0.717) is 43.0 Å². The van der Waals surface area contributed by atoms with Crippen LogP contribution in [-0.2, 0) is 16.0 Å². The minimum atomic E-state index is -0.308. The van der Waals surface area contributed by atoms with Crippen LogP contribution in [0.4, 0.5) is 33.4 Å². The fourth-order valence-corrected chi connectivity index (χ4v) is 11.1. The molecule has 4 saturated heterocycles. The minimum absolute atomic E-state index is 0.0289. The number of nitrogens with zero attached hydrogens (tertiary/aromatic N) is 8. The lowest BCUT2D eigenvalue weighted by Gasteiger charge is -2.57. The van der Waals surface area contributed by atoms with Crippen LogP contribution < -0.4 is 35.4 Å². The maximum atomic E-state index is 13.8. The highest BCUT2D eigenvalue weighted by molar-refractivity contribution is 6.02. The number of phenols is 1. The van der Waals surface area contributed by atoms with Gasteiger partial charge in [0.15, 0.2) is 5.82 Å². The number of aromatic hydroxyl groups is 1. The normalized spacial score (nSPS) is 21.6. The number of benzene rings is 3. The van der Waals surface area contributed by atoms with Gasteiger partial charge in [0.25, 0.3) is 0 Å². The number of nitrogen functional groups attached to an aromatic ring is 1. The summed E-state index contributed by atoms with van der Waals surface area (Å²) in [6.07, 6.45) is 8.52. The summed E-state index contributed by atoms with van der Waals surface area (Å²) in [7, 11) is 1.96. The van der Waals surface area contributed by atoms with E-state index >= 15 is 0 Å². The largest absolute Gasteiger partial charge is 0.507 e. The number of piperidine rings is 3. The molecule has 0 bridgehead atoms. The molecule has 1 aliphatic carbocycles. The molecule has 15 heteroatoms. The highest BCUT2D eigenvalue weighted by Crippen LogP contribution is 2.45. The van der Waals surface area contributed by atoms with Crippen LogP contribution >= 0.6 is 0 Å². The molecule has 0 radical (unpaired) electrons. The van der Waals surface area contributed by atoms with Crippen LogP contribution in [0.1, 0.15) is 63.4 Å². The van der Waals surface area contributed by atoms with Gasteiger partial charge in [0.1, 0.15) is 23.6 Å². The number of para-hydroxylation sites is 1. The van der Waals surface area contributed by atoms with Gasteiger partial charge in [-0.05, 0) is 87.4 Å². The van der Waals surface area contributed by atoms with Gasteiger partial charge >= 0.3 is 6.03 Å². The number of anilines is 5. The van der Waals surface area contributed by atoms with E-state index in [0.717, 1.165) is 107 Å². The van der Waals surface area contributed by atoms with Crippen molar-refractivity contribution in [2.75, 3.05) is 84.7 Å². The number of amides is 4. The molecule has 4 aromatic rings. The number of imide groups is 1. The second kappa shape index (κ2) is 16.8. The number of fused-ring (bicyclic) bond motifs is 1. The van der Waals surface area contributed by atoms with Crippen molar-refractivity contribution in [3.05, 3.63) is 78.4 Å². The van der Waals surface area contributed by atoms with Crippen LogP contribution in [0.5, 0.6) is 11.5 Å². The second-order valence-electron chi connectivity index (χ2n) is 18.3. The minimum Gasteiger partial charge on any atom is -0.507 e. The summed E-state index contributed by atoms with van der Waals surface area (Å²) in [5.74, 6) is 1.03. The molecular formula is C48H58N10O5. The smallest absolute Gasteiger partial charge is 0.319 e. The van der Waals surface area contributed by atoms with Gasteiger partial charge in [0, 0.05) is 119 Å². The zero-order valence-electron chi connectivity index (χ0n) is 36.1. The van der Waals surface area contributed by atoms with Gasteiger partial charge in [-0.3, -0.25) is 14.9 Å². The molecule has 4 amide bonds. The molecule has 1 spiro atoms. The number of nitrogens with two attached hydrogens (primary N) is 1. The van der Waals surface area contributed by atoms with Crippen molar-refractivity contribution in [2.24, 2.45) is 0 Å². The molecule has 5 fully saturated rings. The topological polar surface area (TPSA) is 164 Å². The molecule has 10 rings (SSSR count). The highest BCUT2D eigenvalue weighted by atomic mass is 16.5. The van der Waals surface area contributed by atoms with Crippen molar-refractivity contribution in [1.82, 2.24) is 25.3 Å². The summed E-state index contributed by atoms with van der Waals surface area (Å²) in [6, 6.07) is 23.9. The molecule has 6 heterocycles. The number of phenolic OH excluding ortho intramolecular Hbond substituents is 1. The maximum absolute atomic E-state index is 13.8. The Balaban J connectivity index is 0.719. The van der Waals surface area contributed by atoms with E-state index in [1.807, 2.05) is 41.1 Å². The maximum Gasteiger partial charge on any atom is 0.319 e. The van der Waals surface area contributed by atoms with Crippen molar-refractivity contribution in [3.63, 3.8) is 0 Å². The molecule has 6 aliphatic rings. The third-order valence-corrected chi connectivity index (χ3v) is 14.7. The van der Waals surface area contributed by atoms with Gasteiger partial charge < -0.3 is 45.0 Å². The van der Waals surface area contributed by atoms with Crippen molar-refractivity contribution in [3.8, 4) is 22.8 Å². The number of carbonyl (C=O) groups excluding carboxylic acids is 3. The quantitative estimate of drug-likeness (QED) is 0.194. The van der Waals surface area contributed by atoms with Gasteiger partial charge in [-0.1, -0.05) is 24.3 Å². The second-order valence-corrected chi connectivity index (χ2v) is 18.3. The molecule has 330 valence electrons. The SMILES string of the molecule is CN(C(=O)N1CCC(Oc2cccc(N3CCN(c4cc(-c5ccccc5O)nnc4N)CC34CCC4)c2)CC1)C1CCN(c2cccc3c2CCN3[C@@H]2CCC(=O)NC2=O)CC1. The number of urea groups is 1. The molecule has 4 N–H and O–H groups in total.